The Balaban J connectivity index is 1.40. The molecule has 5 nitrogen and oxygen atoms in total. The van der Waals surface area contributed by atoms with Crippen molar-refractivity contribution in [2.75, 3.05) is 26.2 Å². The van der Waals surface area contributed by atoms with Crippen LogP contribution in [-0.2, 0) is 11.2 Å². The van der Waals surface area contributed by atoms with Crippen molar-refractivity contribution in [1.29, 1.82) is 0 Å². The summed E-state index contributed by atoms with van der Waals surface area (Å²) in [6, 6.07) is 8.71. The second-order valence-electron chi connectivity index (χ2n) is 9.18. The van der Waals surface area contributed by atoms with Gasteiger partial charge in [0.2, 0.25) is 0 Å². The van der Waals surface area contributed by atoms with Gasteiger partial charge in [0, 0.05) is 13.1 Å². The van der Waals surface area contributed by atoms with E-state index in [-0.39, 0.29) is 6.09 Å². The van der Waals surface area contributed by atoms with Gasteiger partial charge in [-0.1, -0.05) is 68.2 Å². The van der Waals surface area contributed by atoms with Gasteiger partial charge in [-0.05, 0) is 83.3 Å². The lowest BCUT2D eigenvalue weighted by molar-refractivity contribution is 0.131. The van der Waals surface area contributed by atoms with Gasteiger partial charge in [-0.2, -0.15) is 0 Å². The molecule has 0 aliphatic heterocycles. The zero-order chi connectivity index (χ0) is 23.8. The van der Waals surface area contributed by atoms with Gasteiger partial charge in [0.1, 0.15) is 5.76 Å². The second-order valence-corrected chi connectivity index (χ2v) is 9.18. The molecule has 0 heterocycles. The van der Waals surface area contributed by atoms with Crippen molar-refractivity contribution in [3.63, 3.8) is 0 Å². The molecule has 2 aliphatic rings. The maximum atomic E-state index is 13.0. The fraction of sp³-hybridized carbons (Fsp3) is 0.414. The summed E-state index contributed by atoms with van der Waals surface area (Å²) in [5.41, 5.74) is 13.8. The number of rotatable bonds is 12. The summed E-state index contributed by atoms with van der Waals surface area (Å²) in [6.45, 7) is 2.67. The molecular weight excluding hydrogens is 422 g/mol. The standard InChI is InChI=1S/C29H37N3O2/c30-17-5-3-1-2-4-6-19-32(20-8-18-31)29(33)34-24-13-16-26-23(21-24)12-15-27-25-10-7-9-22(25)11-14-28(26)27/h7,9-15,21H,1-6,8,16-20,30-31H2. The fourth-order valence-corrected chi connectivity index (χ4v) is 4.85. The van der Waals surface area contributed by atoms with E-state index in [0.29, 0.717) is 25.4 Å². The number of hydrogen-bond acceptors (Lipinski definition) is 4. The number of amides is 1. The lowest BCUT2D eigenvalue weighted by Gasteiger charge is -2.23. The molecule has 0 radical (unpaired) electrons. The third kappa shape index (κ3) is 5.78. The highest BCUT2D eigenvalue weighted by Crippen LogP contribution is 2.23. The van der Waals surface area contributed by atoms with Crippen molar-refractivity contribution in [3.8, 4) is 0 Å². The molecule has 0 bridgehead atoms. The van der Waals surface area contributed by atoms with E-state index in [9.17, 15) is 4.79 Å². The van der Waals surface area contributed by atoms with Crippen LogP contribution in [0.15, 0.2) is 42.2 Å². The highest BCUT2D eigenvalue weighted by atomic mass is 16.6. The molecule has 2 aliphatic carbocycles. The van der Waals surface area contributed by atoms with Crippen molar-refractivity contribution in [1.82, 2.24) is 4.90 Å². The first-order valence-electron chi connectivity index (χ1n) is 12.7. The molecule has 4 N–H and O–H groups in total. The Kier molecular flexibility index (Phi) is 8.56. The van der Waals surface area contributed by atoms with Gasteiger partial charge in [-0.15, -0.1) is 0 Å². The molecule has 180 valence electrons. The average molecular weight is 460 g/mol. The summed E-state index contributed by atoms with van der Waals surface area (Å²) in [6.07, 6.45) is 18.5. The normalized spacial score (nSPS) is 13.6. The van der Waals surface area contributed by atoms with Crippen molar-refractivity contribution in [2.24, 2.45) is 11.5 Å². The maximum Gasteiger partial charge on any atom is 0.415 e. The SMILES string of the molecule is NCCCCCCCCN(CCCN)C(=O)OC1=CCc2c(ccc3c4c(ccc23)=CC=C4)=C1. The zero-order valence-electron chi connectivity index (χ0n) is 20.1. The lowest BCUT2D eigenvalue weighted by atomic mass is 9.94. The van der Waals surface area contributed by atoms with E-state index in [1.165, 1.54) is 46.4 Å². The van der Waals surface area contributed by atoms with Crippen LogP contribution in [0.2, 0.25) is 0 Å². The Hall–Kier alpha value is -2.89. The van der Waals surface area contributed by atoms with Crippen LogP contribution in [0, 0.1) is 0 Å². The number of benzene rings is 2. The Morgan fingerprint density at radius 1 is 0.853 bits per heavy atom. The Bertz CT molecular complexity index is 1200. The van der Waals surface area contributed by atoms with Crippen LogP contribution in [0.4, 0.5) is 4.79 Å². The number of allylic oxidation sites excluding steroid dienone is 3. The first kappa shape index (κ1) is 24.2. The molecule has 34 heavy (non-hydrogen) atoms. The molecule has 0 spiro atoms. The monoisotopic (exact) mass is 459 g/mol. The van der Waals surface area contributed by atoms with Crippen LogP contribution >= 0.6 is 0 Å². The zero-order valence-corrected chi connectivity index (χ0v) is 20.1. The topological polar surface area (TPSA) is 81.6 Å². The van der Waals surface area contributed by atoms with Gasteiger partial charge in [0.05, 0.1) is 0 Å². The predicted molar refractivity (Wildman–Crippen MR) is 141 cm³/mol. The van der Waals surface area contributed by atoms with Crippen LogP contribution in [0.3, 0.4) is 0 Å². The van der Waals surface area contributed by atoms with E-state index in [0.717, 1.165) is 43.9 Å². The molecule has 5 heteroatoms. The van der Waals surface area contributed by atoms with Crippen LogP contribution in [0.5, 0.6) is 0 Å². The van der Waals surface area contributed by atoms with Crippen molar-refractivity contribution in [2.45, 2.75) is 51.4 Å². The van der Waals surface area contributed by atoms with Gasteiger partial charge in [-0.25, -0.2) is 4.79 Å². The molecule has 1 amide bonds. The van der Waals surface area contributed by atoms with Crippen LogP contribution in [-0.4, -0.2) is 37.2 Å². The molecule has 0 unspecified atom stereocenters. The number of nitrogens with zero attached hydrogens (tertiary/aromatic N) is 1. The van der Waals surface area contributed by atoms with Gasteiger partial charge in [0.25, 0.3) is 0 Å². The molecule has 0 saturated heterocycles. The second kappa shape index (κ2) is 12.0. The quantitative estimate of drug-likeness (QED) is 0.471. The highest BCUT2D eigenvalue weighted by molar-refractivity contribution is 5.96. The van der Waals surface area contributed by atoms with Crippen LogP contribution < -0.4 is 21.9 Å². The van der Waals surface area contributed by atoms with Gasteiger partial charge in [0.15, 0.2) is 0 Å². The minimum Gasteiger partial charge on any atom is -0.411 e. The molecule has 2 aromatic carbocycles. The molecule has 0 atom stereocenters. The highest BCUT2D eigenvalue weighted by Gasteiger charge is 2.18. The van der Waals surface area contributed by atoms with E-state index in [1.807, 2.05) is 17.1 Å². The molecule has 4 rings (SSSR count). The molecule has 2 aromatic rings. The number of nitrogens with two attached hydrogens (primary N) is 2. The van der Waals surface area contributed by atoms with Crippen LogP contribution in [0.25, 0.3) is 29.0 Å². The number of hydrogen-bond donors (Lipinski definition) is 2. The lowest BCUT2D eigenvalue weighted by Crippen LogP contribution is -2.34. The van der Waals surface area contributed by atoms with Crippen LogP contribution in [0.1, 0.15) is 56.1 Å². The van der Waals surface area contributed by atoms with Gasteiger partial charge in [-0.3, -0.25) is 0 Å². The summed E-state index contributed by atoms with van der Waals surface area (Å²) in [5.74, 6) is 0.630. The Labute approximate surface area is 202 Å². The van der Waals surface area contributed by atoms with E-state index in [1.54, 1.807) is 0 Å². The summed E-state index contributed by atoms with van der Waals surface area (Å²) in [4.78, 5) is 14.8. The summed E-state index contributed by atoms with van der Waals surface area (Å²) in [5, 5.41) is 4.94. The molecular formula is C29H37N3O2. The van der Waals surface area contributed by atoms with Crippen molar-refractivity contribution >= 4 is 35.1 Å². The Morgan fingerprint density at radius 3 is 2.38 bits per heavy atom. The first-order valence-corrected chi connectivity index (χ1v) is 12.7. The van der Waals surface area contributed by atoms with Gasteiger partial charge < -0.3 is 21.1 Å². The summed E-state index contributed by atoms with van der Waals surface area (Å²) in [7, 11) is 0. The summed E-state index contributed by atoms with van der Waals surface area (Å²) < 4.78 is 5.83. The third-order valence-corrected chi connectivity index (χ3v) is 6.75. The number of fused-ring (bicyclic) bond motifs is 5. The van der Waals surface area contributed by atoms with E-state index in [2.05, 4.69) is 42.5 Å². The molecule has 0 aromatic heterocycles. The Morgan fingerprint density at radius 2 is 1.56 bits per heavy atom. The number of carbonyl (C=O) groups excluding carboxylic acids is 1. The third-order valence-electron chi connectivity index (χ3n) is 6.75. The maximum absolute atomic E-state index is 13.0. The summed E-state index contributed by atoms with van der Waals surface area (Å²) >= 11 is 0. The van der Waals surface area contributed by atoms with Gasteiger partial charge >= 0.3 is 6.09 Å². The number of ether oxygens (including phenoxy) is 1. The smallest absolute Gasteiger partial charge is 0.411 e. The molecule has 0 fully saturated rings. The number of unbranched alkanes of at least 4 members (excludes halogenated alkanes) is 5. The van der Waals surface area contributed by atoms with E-state index >= 15 is 0 Å². The van der Waals surface area contributed by atoms with E-state index in [4.69, 9.17) is 16.2 Å². The first-order chi connectivity index (χ1) is 16.7. The molecule has 0 saturated carbocycles. The number of carbonyl (C=O) groups is 1. The van der Waals surface area contributed by atoms with Crippen molar-refractivity contribution < 1.29 is 9.53 Å². The predicted octanol–water partition coefficient (Wildman–Crippen LogP) is 3.95. The minimum atomic E-state index is -0.276. The fourth-order valence-electron chi connectivity index (χ4n) is 4.85. The largest absolute Gasteiger partial charge is 0.415 e. The minimum absolute atomic E-state index is 0.276. The van der Waals surface area contributed by atoms with Crippen molar-refractivity contribution in [3.05, 3.63) is 63.7 Å². The average Bonchev–Trinajstić information content (AvgIpc) is 3.34. The van der Waals surface area contributed by atoms with E-state index < -0.39 is 0 Å².